The molecule has 1 heterocycles. The molecule has 1 aromatic rings. The largest absolute Gasteiger partial charge is 0.118 e. The van der Waals surface area contributed by atoms with Crippen molar-refractivity contribution in [2.45, 2.75) is 43.5 Å². The van der Waals surface area contributed by atoms with Gasteiger partial charge in [-0.05, 0) is 37.1 Å². The van der Waals surface area contributed by atoms with Crippen LogP contribution < -0.4 is 0 Å². The zero-order chi connectivity index (χ0) is 12.5. The molecule has 1 aromatic carbocycles. The molecule has 0 aliphatic carbocycles. The second-order valence-electron chi connectivity index (χ2n) is 4.84. The van der Waals surface area contributed by atoms with Gasteiger partial charge in [0.1, 0.15) is 0 Å². The van der Waals surface area contributed by atoms with Crippen molar-refractivity contribution in [2.75, 3.05) is 11.9 Å². The van der Waals surface area contributed by atoms with E-state index in [1.165, 1.54) is 55.7 Å². The van der Waals surface area contributed by atoms with E-state index in [1.54, 1.807) is 0 Å². The Hall–Kier alpha value is 0.830. The molecule has 0 amide bonds. The Kier molecular flexibility index (Phi) is 10.8. The lowest BCUT2D eigenvalue weighted by molar-refractivity contribution is 0.644. The van der Waals surface area contributed by atoms with Crippen molar-refractivity contribution in [2.24, 2.45) is 0 Å². The van der Waals surface area contributed by atoms with Gasteiger partial charge in [-0.1, -0.05) is 64.8 Å². The first-order valence-corrected chi connectivity index (χ1v) is 10.8. The maximum Gasteiger partial charge on any atom is 0.0159 e. The van der Waals surface area contributed by atoms with Gasteiger partial charge in [0.05, 0.1) is 0 Å². The molecule has 0 saturated carbocycles. The Labute approximate surface area is 138 Å². The molecule has 1 aliphatic heterocycles. The lowest BCUT2D eigenvalue weighted by Crippen LogP contribution is -1.96. The molecule has 0 aromatic heterocycles. The summed E-state index contributed by atoms with van der Waals surface area (Å²) in [5, 5.41) is 0.974. The van der Waals surface area contributed by atoms with Crippen LogP contribution in [0.15, 0.2) is 30.3 Å². The number of unbranched alkanes of at least 4 members (excludes halogenated alkanes) is 2. The average Bonchev–Trinajstić information content (AvgIpc) is 2.92. The Bertz CT molecular complexity index is 315. The summed E-state index contributed by atoms with van der Waals surface area (Å²) in [6.07, 6.45) is 9.97. The van der Waals surface area contributed by atoms with E-state index in [0.29, 0.717) is 0 Å². The van der Waals surface area contributed by atoms with E-state index in [1.807, 2.05) is 0 Å². The highest BCUT2D eigenvalue weighted by molar-refractivity contribution is 8.93. The van der Waals surface area contributed by atoms with Crippen LogP contribution in [0.25, 0.3) is 0 Å². The molecule has 0 radical (unpaired) electrons. The highest BCUT2D eigenvalue weighted by Gasteiger charge is 2.15. The molecule has 0 spiro atoms. The molecular formula is C15H24BrPS2. The molecule has 0 bridgehead atoms. The normalized spacial score (nSPS) is 18.8. The van der Waals surface area contributed by atoms with Crippen molar-refractivity contribution in [3.05, 3.63) is 35.9 Å². The third-order valence-electron chi connectivity index (χ3n) is 3.28. The molecule has 0 N–H and O–H groups in total. The minimum atomic E-state index is 0. The van der Waals surface area contributed by atoms with Crippen LogP contribution in [-0.2, 0) is 6.16 Å². The Morgan fingerprint density at radius 3 is 2.68 bits per heavy atom. The van der Waals surface area contributed by atoms with Crippen LogP contribution in [0.5, 0.6) is 0 Å². The van der Waals surface area contributed by atoms with Crippen LogP contribution in [-0.4, -0.2) is 17.2 Å². The molecule has 1 fully saturated rings. The summed E-state index contributed by atoms with van der Waals surface area (Å²) in [6.45, 7) is 0. The van der Waals surface area contributed by atoms with E-state index >= 15 is 0 Å². The van der Waals surface area contributed by atoms with Gasteiger partial charge in [0.15, 0.2) is 0 Å². The molecule has 108 valence electrons. The molecule has 19 heavy (non-hydrogen) atoms. The average molecular weight is 379 g/mol. The lowest BCUT2D eigenvalue weighted by atomic mass is 10.1. The predicted molar refractivity (Wildman–Crippen MR) is 101 cm³/mol. The van der Waals surface area contributed by atoms with Crippen LogP contribution >= 0.6 is 47.1 Å². The SMILES string of the molecule is Br.c1ccc(CPCCCCCC2CCSS2)cc1. The van der Waals surface area contributed by atoms with E-state index in [4.69, 9.17) is 0 Å². The number of halogens is 1. The second kappa shape index (κ2) is 11.5. The Morgan fingerprint density at radius 2 is 1.95 bits per heavy atom. The van der Waals surface area contributed by atoms with E-state index in [-0.39, 0.29) is 17.0 Å². The quantitative estimate of drug-likeness (QED) is 0.302. The van der Waals surface area contributed by atoms with Gasteiger partial charge in [-0.3, -0.25) is 0 Å². The summed E-state index contributed by atoms with van der Waals surface area (Å²) in [6, 6.07) is 10.9. The Morgan fingerprint density at radius 1 is 1.11 bits per heavy atom. The zero-order valence-corrected chi connectivity index (χ0v) is 15.7. The molecule has 2 rings (SSSR count). The molecular weight excluding hydrogens is 355 g/mol. The topological polar surface area (TPSA) is 0 Å². The summed E-state index contributed by atoms with van der Waals surface area (Å²) < 4.78 is 0. The predicted octanol–water partition coefficient (Wildman–Crippen LogP) is 6.16. The van der Waals surface area contributed by atoms with Crippen molar-refractivity contribution in [1.29, 1.82) is 0 Å². The van der Waals surface area contributed by atoms with Crippen LogP contribution in [0.2, 0.25) is 0 Å². The standard InChI is InChI=1S/C15H23PS2.BrH/c1-3-7-14(8-4-1)13-16-11-6-2-5-9-15-10-12-17-18-15;/h1,3-4,7-8,15-16H,2,5-6,9-13H2;1H. The molecule has 2 atom stereocenters. The molecule has 0 nitrogen and oxygen atoms in total. The summed E-state index contributed by atoms with van der Waals surface area (Å²) in [5.41, 5.74) is 1.51. The van der Waals surface area contributed by atoms with Crippen molar-refractivity contribution < 1.29 is 0 Å². The summed E-state index contributed by atoms with van der Waals surface area (Å²) in [5.74, 6) is 1.38. The van der Waals surface area contributed by atoms with Gasteiger partial charge in [-0.25, -0.2) is 0 Å². The third kappa shape index (κ3) is 7.99. The first kappa shape index (κ1) is 17.9. The van der Waals surface area contributed by atoms with Crippen LogP contribution in [0.4, 0.5) is 0 Å². The summed E-state index contributed by atoms with van der Waals surface area (Å²) in [7, 11) is 5.32. The number of benzene rings is 1. The summed E-state index contributed by atoms with van der Waals surface area (Å²) >= 11 is 0. The van der Waals surface area contributed by atoms with Crippen molar-refractivity contribution >= 4 is 47.1 Å². The highest BCUT2D eigenvalue weighted by Crippen LogP contribution is 2.39. The van der Waals surface area contributed by atoms with Gasteiger partial charge in [-0.2, -0.15) is 0 Å². The van der Waals surface area contributed by atoms with E-state index in [0.717, 1.165) is 13.8 Å². The van der Waals surface area contributed by atoms with Gasteiger partial charge < -0.3 is 0 Å². The third-order valence-corrected chi connectivity index (χ3v) is 7.65. The van der Waals surface area contributed by atoms with Crippen molar-refractivity contribution in [3.8, 4) is 0 Å². The van der Waals surface area contributed by atoms with E-state index in [2.05, 4.69) is 51.9 Å². The van der Waals surface area contributed by atoms with Gasteiger partial charge in [0.25, 0.3) is 0 Å². The van der Waals surface area contributed by atoms with Crippen LogP contribution in [0.1, 0.15) is 37.7 Å². The fourth-order valence-electron chi connectivity index (χ4n) is 2.19. The van der Waals surface area contributed by atoms with Gasteiger partial charge in [0, 0.05) is 11.0 Å². The monoisotopic (exact) mass is 378 g/mol. The fourth-order valence-corrected chi connectivity index (χ4v) is 6.42. The number of rotatable bonds is 8. The van der Waals surface area contributed by atoms with Crippen LogP contribution in [0.3, 0.4) is 0 Å². The Balaban J connectivity index is 0.00000180. The van der Waals surface area contributed by atoms with Gasteiger partial charge in [-0.15, -0.1) is 25.6 Å². The summed E-state index contributed by atoms with van der Waals surface area (Å²) in [4.78, 5) is 0. The molecule has 1 saturated heterocycles. The smallest absolute Gasteiger partial charge is 0.0159 e. The van der Waals surface area contributed by atoms with Gasteiger partial charge >= 0.3 is 0 Å². The second-order valence-corrected chi connectivity index (χ2v) is 8.98. The van der Waals surface area contributed by atoms with E-state index in [9.17, 15) is 0 Å². The highest BCUT2D eigenvalue weighted by atomic mass is 79.9. The minimum absolute atomic E-state index is 0. The number of hydrogen-bond donors (Lipinski definition) is 0. The van der Waals surface area contributed by atoms with Crippen molar-refractivity contribution in [1.82, 2.24) is 0 Å². The minimum Gasteiger partial charge on any atom is -0.118 e. The maximum atomic E-state index is 2.25. The molecule has 4 heteroatoms. The maximum absolute atomic E-state index is 2.25. The zero-order valence-electron chi connectivity index (χ0n) is 11.3. The van der Waals surface area contributed by atoms with Crippen LogP contribution in [0, 0.1) is 0 Å². The number of hydrogen-bond acceptors (Lipinski definition) is 2. The first-order chi connectivity index (χ1) is 8.95. The van der Waals surface area contributed by atoms with Gasteiger partial charge in [0.2, 0.25) is 0 Å². The lowest BCUT2D eigenvalue weighted by Gasteiger charge is -2.06. The first-order valence-electron chi connectivity index (χ1n) is 6.98. The molecule has 1 aliphatic rings. The van der Waals surface area contributed by atoms with Crippen molar-refractivity contribution in [3.63, 3.8) is 0 Å². The molecule has 2 unspecified atom stereocenters. The fraction of sp³-hybridized carbons (Fsp3) is 0.600. The van der Waals surface area contributed by atoms with E-state index < -0.39 is 0 Å².